The third kappa shape index (κ3) is 4.76. The van der Waals surface area contributed by atoms with Gasteiger partial charge in [0.1, 0.15) is 5.75 Å². The number of aliphatic imine (C=N–C) groups is 1. The van der Waals surface area contributed by atoms with Crippen molar-refractivity contribution in [2.75, 3.05) is 25.6 Å². The molecule has 1 saturated heterocycles. The van der Waals surface area contributed by atoms with Gasteiger partial charge in [0.2, 0.25) is 0 Å². The van der Waals surface area contributed by atoms with Crippen LogP contribution in [0.1, 0.15) is 30.1 Å². The molecule has 2 aromatic carbocycles. The Labute approximate surface area is 155 Å². The van der Waals surface area contributed by atoms with E-state index in [0.717, 1.165) is 30.9 Å². The molecule has 1 aliphatic rings. The summed E-state index contributed by atoms with van der Waals surface area (Å²) in [5.41, 5.74) is 9.43. The van der Waals surface area contributed by atoms with Crippen molar-refractivity contribution in [1.82, 2.24) is 0 Å². The number of anilines is 1. The Morgan fingerprint density at radius 3 is 2.62 bits per heavy atom. The fraction of sp³-hybridized carbons (Fsp3) is 0.381. The van der Waals surface area contributed by atoms with E-state index in [4.69, 9.17) is 15.2 Å². The van der Waals surface area contributed by atoms with Crippen molar-refractivity contribution >= 4 is 11.6 Å². The van der Waals surface area contributed by atoms with Gasteiger partial charge >= 0.3 is 0 Å². The van der Waals surface area contributed by atoms with Gasteiger partial charge in [-0.25, -0.2) is 0 Å². The third-order valence-electron chi connectivity index (χ3n) is 4.71. The number of guanidine groups is 1. The minimum absolute atomic E-state index is 0.0851. The average molecular weight is 353 g/mol. The maximum Gasteiger partial charge on any atom is 0.193 e. The number of hydrogen-bond acceptors (Lipinski definition) is 3. The van der Waals surface area contributed by atoms with Crippen LogP contribution in [0.3, 0.4) is 0 Å². The molecular formula is C21H27N3O2. The van der Waals surface area contributed by atoms with Crippen molar-refractivity contribution in [2.45, 2.75) is 25.9 Å². The minimum atomic E-state index is 0.0851. The van der Waals surface area contributed by atoms with Crippen LogP contribution in [0, 0.1) is 12.8 Å². The van der Waals surface area contributed by atoms with E-state index in [9.17, 15) is 0 Å². The predicted molar refractivity (Wildman–Crippen MR) is 106 cm³/mol. The van der Waals surface area contributed by atoms with Gasteiger partial charge in [-0.2, -0.15) is 0 Å². The van der Waals surface area contributed by atoms with Crippen molar-refractivity contribution in [2.24, 2.45) is 16.6 Å². The summed E-state index contributed by atoms with van der Waals surface area (Å²) in [5, 5.41) is 3.13. The number of nitrogens with two attached hydrogens (primary N) is 1. The van der Waals surface area contributed by atoms with Crippen molar-refractivity contribution in [1.29, 1.82) is 0 Å². The van der Waals surface area contributed by atoms with Crippen LogP contribution < -0.4 is 15.8 Å². The Morgan fingerprint density at radius 2 is 1.92 bits per heavy atom. The molecule has 0 radical (unpaired) electrons. The summed E-state index contributed by atoms with van der Waals surface area (Å²) in [4.78, 5) is 4.55. The van der Waals surface area contributed by atoms with Gasteiger partial charge in [-0.3, -0.25) is 4.99 Å². The Kier molecular flexibility index (Phi) is 6.12. The molecule has 5 heteroatoms. The second-order valence-corrected chi connectivity index (χ2v) is 6.68. The summed E-state index contributed by atoms with van der Waals surface area (Å²) in [6.45, 7) is 3.55. The Hall–Kier alpha value is -2.53. The summed E-state index contributed by atoms with van der Waals surface area (Å²) in [6.07, 6.45) is 2.24. The number of aryl methyl sites for hydroxylation is 1. The highest BCUT2D eigenvalue weighted by Crippen LogP contribution is 2.34. The molecule has 26 heavy (non-hydrogen) atoms. The van der Waals surface area contributed by atoms with Crippen LogP contribution in [-0.2, 0) is 4.74 Å². The van der Waals surface area contributed by atoms with E-state index in [0.29, 0.717) is 18.4 Å². The van der Waals surface area contributed by atoms with E-state index in [1.807, 2.05) is 24.3 Å². The molecule has 3 N–H and O–H groups in total. The normalized spacial score (nSPS) is 20.6. The number of nitrogens with one attached hydrogen (secondary N) is 1. The lowest BCUT2D eigenvalue weighted by Gasteiger charge is -2.31. The second-order valence-electron chi connectivity index (χ2n) is 6.68. The van der Waals surface area contributed by atoms with Crippen LogP contribution >= 0.6 is 0 Å². The van der Waals surface area contributed by atoms with Gasteiger partial charge in [0, 0.05) is 24.8 Å². The SMILES string of the molecule is COc1ccc(NC(N)=NCC2CCCOC2c2ccc(C)cc2)cc1. The van der Waals surface area contributed by atoms with Crippen LogP contribution in [0.4, 0.5) is 5.69 Å². The molecule has 5 nitrogen and oxygen atoms in total. The Balaban J connectivity index is 1.63. The van der Waals surface area contributed by atoms with Crippen molar-refractivity contribution in [3.05, 3.63) is 59.7 Å². The first-order chi connectivity index (χ1) is 12.7. The second kappa shape index (κ2) is 8.72. The van der Waals surface area contributed by atoms with Gasteiger partial charge in [0.15, 0.2) is 5.96 Å². The Bertz CT molecular complexity index is 726. The maximum absolute atomic E-state index is 6.06. The van der Waals surface area contributed by atoms with Gasteiger partial charge in [-0.1, -0.05) is 29.8 Å². The van der Waals surface area contributed by atoms with Gasteiger partial charge in [-0.05, 0) is 49.6 Å². The molecule has 1 aliphatic heterocycles. The number of methoxy groups -OCH3 is 1. The molecule has 0 amide bonds. The molecule has 2 atom stereocenters. The lowest BCUT2D eigenvalue weighted by atomic mass is 9.89. The molecule has 0 saturated carbocycles. The summed E-state index contributed by atoms with van der Waals surface area (Å²) >= 11 is 0. The fourth-order valence-corrected chi connectivity index (χ4v) is 3.23. The molecule has 0 aliphatic carbocycles. The molecule has 1 heterocycles. The van der Waals surface area contributed by atoms with E-state index in [1.165, 1.54) is 11.1 Å². The summed E-state index contributed by atoms with van der Waals surface area (Å²) in [6, 6.07) is 16.2. The number of hydrogen-bond donors (Lipinski definition) is 2. The molecule has 3 rings (SSSR count). The summed E-state index contributed by atoms with van der Waals surface area (Å²) < 4.78 is 11.2. The topological polar surface area (TPSA) is 68.9 Å². The van der Waals surface area contributed by atoms with Crippen LogP contribution in [0.2, 0.25) is 0 Å². The lowest BCUT2D eigenvalue weighted by Crippen LogP contribution is -2.28. The highest BCUT2D eigenvalue weighted by atomic mass is 16.5. The van der Waals surface area contributed by atoms with E-state index < -0.39 is 0 Å². The molecule has 138 valence electrons. The Morgan fingerprint density at radius 1 is 1.19 bits per heavy atom. The van der Waals surface area contributed by atoms with Gasteiger partial charge < -0.3 is 20.5 Å². The zero-order chi connectivity index (χ0) is 18.4. The van der Waals surface area contributed by atoms with Crippen molar-refractivity contribution in [3.8, 4) is 5.75 Å². The van der Waals surface area contributed by atoms with Crippen molar-refractivity contribution < 1.29 is 9.47 Å². The predicted octanol–water partition coefficient (Wildman–Crippen LogP) is 3.90. The smallest absolute Gasteiger partial charge is 0.193 e. The molecule has 0 bridgehead atoms. The van der Waals surface area contributed by atoms with E-state index in [2.05, 4.69) is 41.5 Å². The van der Waals surface area contributed by atoms with E-state index >= 15 is 0 Å². The van der Waals surface area contributed by atoms with Crippen molar-refractivity contribution in [3.63, 3.8) is 0 Å². The molecule has 0 spiro atoms. The number of benzene rings is 2. The first-order valence-corrected chi connectivity index (χ1v) is 9.05. The van der Waals surface area contributed by atoms with E-state index in [-0.39, 0.29) is 6.10 Å². The molecule has 0 aromatic heterocycles. The van der Waals surface area contributed by atoms with Crippen LogP contribution in [-0.4, -0.2) is 26.2 Å². The van der Waals surface area contributed by atoms with Gasteiger partial charge in [0.05, 0.1) is 13.2 Å². The highest BCUT2D eigenvalue weighted by molar-refractivity contribution is 5.92. The van der Waals surface area contributed by atoms with E-state index in [1.54, 1.807) is 7.11 Å². The highest BCUT2D eigenvalue weighted by Gasteiger charge is 2.27. The zero-order valence-electron chi connectivity index (χ0n) is 15.4. The molecule has 2 unspecified atom stereocenters. The average Bonchev–Trinajstić information content (AvgIpc) is 2.68. The zero-order valence-corrected chi connectivity index (χ0v) is 15.4. The minimum Gasteiger partial charge on any atom is -0.497 e. The lowest BCUT2D eigenvalue weighted by molar-refractivity contribution is -0.0250. The first-order valence-electron chi connectivity index (χ1n) is 9.05. The molecular weight excluding hydrogens is 326 g/mol. The standard InChI is InChI=1S/C21H27N3O2/c1-15-5-7-16(8-6-15)20-17(4-3-13-26-20)14-23-21(22)24-18-9-11-19(25-2)12-10-18/h5-12,17,20H,3-4,13-14H2,1-2H3,(H3,22,23,24). The summed E-state index contributed by atoms with van der Waals surface area (Å²) in [5.74, 6) is 1.57. The first kappa shape index (κ1) is 18.3. The maximum atomic E-state index is 6.06. The van der Waals surface area contributed by atoms with Gasteiger partial charge in [-0.15, -0.1) is 0 Å². The number of rotatable bonds is 5. The monoisotopic (exact) mass is 353 g/mol. The third-order valence-corrected chi connectivity index (χ3v) is 4.71. The number of nitrogens with zero attached hydrogens (tertiary/aromatic N) is 1. The number of ether oxygens (including phenoxy) is 2. The molecule has 1 fully saturated rings. The molecule has 2 aromatic rings. The van der Waals surface area contributed by atoms with Crippen LogP contribution in [0.15, 0.2) is 53.5 Å². The van der Waals surface area contributed by atoms with Crippen LogP contribution in [0.5, 0.6) is 5.75 Å². The van der Waals surface area contributed by atoms with Gasteiger partial charge in [0.25, 0.3) is 0 Å². The van der Waals surface area contributed by atoms with Crippen LogP contribution in [0.25, 0.3) is 0 Å². The quantitative estimate of drug-likeness (QED) is 0.632. The fourth-order valence-electron chi connectivity index (χ4n) is 3.23. The largest absolute Gasteiger partial charge is 0.497 e. The summed E-state index contributed by atoms with van der Waals surface area (Å²) in [7, 11) is 1.65.